The van der Waals surface area contributed by atoms with Gasteiger partial charge in [0.25, 0.3) is 16.1 Å². The van der Waals surface area contributed by atoms with Crippen LogP contribution in [0.3, 0.4) is 0 Å². The summed E-state index contributed by atoms with van der Waals surface area (Å²) in [7, 11) is -4.09. The first-order valence-electron chi connectivity index (χ1n) is 14.7. The lowest BCUT2D eigenvalue weighted by Crippen LogP contribution is -2.56. The third kappa shape index (κ3) is 9.84. The lowest BCUT2D eigenvalue weighted by atomic mass is 9.98. The van der Waals surface area contributed by atoms with Crippen molar-refractivity contribution in [1.82, 2.24) is 34.9 Å². The van der Waals surface area contributed by atoms with Crippen molar-refractivity contribution >= 4 is 45.9 Å². The number of likely N-dealkylation sites (tertiary alicyclic amines) is 1. The fraction of sp³-hybridized carbons (Fsp3) is 0.760. The summed E-state index contributed by atoms with van der Waals surface area (Å²) in [6.07, 6.45) is 4.85. The van der Waals surface area contributed by atoms with Gasteiger partial charge in [-0.05, 0) is 31.6 Å². The zero-order valence-corrected chi connectivity index (χ0v) is 25.0. The predicted octanol–water partition coefficient (Wildman–Crippen LogP) is -2.98. The Morgan fingerprint density at radius 3 is 2.60 bits per heavy atom. The maximum atomic E-state index is 13.8. The summed E-state index contributed by atoms with van der Waals surface area (Å²) in [4.78, 5) is 54.2. The molecular weight excluding hydrogens is 584 g/mol. The van der Waals surface area contributed by atoms with Gasteiger partial charge >= 0.3 is 0 Å². The molecule has 1 saturated carbocycles. The van der Waals surface area contributed by atoms with Crippen LogP contribution in [0.4, 0.5) is 0 Å². The molecule has 2 atom stereocenters. The normalized spacial score (nSPS) is 22.4. The molecule has 4 rings (SSSR count). The van der Waals surface area contributed by atoms with E-state index in [1.54, 1.807) is 6.34 Å². The lowest BCUT2D eigenvalue weighted by Gasteiger charge is -2.32. The van der Waals surface area contributed by atoms with Gasteiger partial charge in [0.05, 0.1) is 19.6 Å². The molecule has 3 aliphatic heterocycles. The minimum Gasteiger partial charge on any atom is -0.379 e. The zero-order valence-electron chi connectivity index (χ0n) is 24.2. The Hall–Kier alpha value is -3.35. The standard InChI is InChI=1S/C25H42N10O7S/c26-29-17-33-8-1-2-18(16-33)15-28-23(37)14-21(32-43(40,41)34-10-12-42-13-11-34)25(39)35(19-3-4-19)9-7-27-24(38)20-5-6-22(36)31-30-20/h17-19,21,32H,1-16,26H2,(H,27,38)(H,28,37)(H,31,36)/t18-,21-/m0/s1. The first-order chi connectivity index (χ1) is 20.7. The largest absolute Gasteiger partial charge is 0.379 e. The summed E-state index contributed by atoms with van der Waals surface area (Å²) in [5.74, 6) is 3.72. The second-order valence-electron chi connectivity index (χ2n) is 11.1. The first kappa shape index (κ1) is 32.6. The number of nitrogens with two attached hydrogens (primary N) is 1. The van der Waals surface area contributed by atoms with Crippen LogP contribution in [-0.2, 0) is 34.1 Å². The van der Waals surface area contributed by atoms with Gasteiger partial charge in [-0.2, -0.15) is 27.6 Å². The van der Waals surface area contributed by atoms with Gasteiger partial charge in [-0.3, -0.25) is 19.2 Å². The van der Waals surface area contributed by atoms with Crippen molar-refractivity contribution < 1.29 is 32.3 Å². The van der Waals surface area contributed by atoms with Gasteiger partial charge in [0.1, 0.15) is 18.1 Å². The highest BCUT2D eigenvalue weighted by Crippen LogP contribution is 2.27. The van der Waals surface area contributed by atoms with Crippen LogP contribution in [-0.4, -0.2) is 129 Å². The molecule has 0 unspecified atom stereocenters. The highest BCUT2D eigenvalue weighted by Gasteiger charge is 2.39. The van der Waals surface area contributed by atoms with Gasteiger partial charge in [-0.1, -0.05) is 0 Å². The summed E-state index contributed by atoms with van der Waals surface area (Å²) in [5.41, 5.74) is 2.46. The fourth-order valence-electron chi connectivity index (χ4n) is 5.29. The van der Waals surface area contributed by atoms with Crippen LogP contribution in [0.5, 0.6) is 0 Å². The average Bonchev–Trinajstić information content (AvgIpc) is 3.84. The molecule has 0 spiro atoms. The van der Waals surface area contributed by atoms with E-state index in [1.807, 2.05) is 4.90 Å². The molecule has 6 N–H and O–H groups in total. The van der Waals surface area contributed by atoms with E-state index in [0.29, 0.717) is 13.1 Å². The molecule has 4 aliphatic rings. The van der Waals surface area contributed by atoms with E-state index in [9.17, 15) is 27.6 Å². The van der Waals surface area contributed by atoms with Crippen LogP contribution in [0.15, 0.2) is 10.2 Å². The molecule has 0 bridgehead atoms. The van der Waals surface area contributed by atoms with Crippen molar-refractivity contribution in [1.29, 1.82) is 0 Å². The molecule has 0 aromatic carbocycles. The summed E-state index contributed by atoms with van der Waals surface area (Å²) in [6, 6.07) is -1.46. The number of rotatable bonds is 14. The number of nitrogens with zero attached hydrogens (tertiary/aromatic N) is 5. The molecular formula is C25H42N10O7S. The van der Waals surface area contributed by atoms with Crippen molar-refractivity contribution in [3.8, 4) is 0 Å². The van der Waals surface area contributed by atoms with E-state index in [1.165, 1.54) is 9.21 Å². The van der Waals surface area contributed by atoms with Crippen LogP contribution in [0.1, 0.15) is 44.9 Å². The molecule has 3 fully saturated rings. The van der Waals surface area contributed by atoms with Crippen molar-refractivity contribution in [3.05, 3.63) is 0 Å². The van der Waals surface area contributed by atoms with E-state index < -0.39 is 34.0 Å². The van der Waals surface area contributed by atoms with Gasteiger partial charge in [0.2, 0.25) is 17.7 Å². The maximum Gasteiger partial charge on any atom is 0.280 e. The molecule has 240 valence electrons. The number of hydrogen-bond donors (Lipinski definition) is 5. The molecule has 43 heavy (non-hydrogen) atoms. The van der Waals surface area contributed by atoms with Crippen LogP contribution in [0.25, 0.3) is 0 Å². The summed E-state index contributed by atoms with van der Waals surface area (Å²) in [5, 5.41) is 12.9. The van der Waals surface area contributed by atoms with Crippen molar-refractivity contribution in [2.24, 2.45) is 22.0 Å². The molecule has 17 nitrogen and oxygen atoms in total. The number of piperidine rings is 1. The number of carbonyl (C=O) groups is 4. The zero-order chi connectivity index (χ0) is 30.8. The fourth-order valence-corrected chi connectivity index (χ4v) is 6.61. The topological polar surface area (TPSA) is 220 Å². The third-order valence-corrected chi connectivity index (χ3v) is 9.36. The van der Waals surface area contributed by atoms with E-state index in [0.717, 1.165) is 32.2 Å². The Bertz CT molecular complexity index is 1190. The summed E-state index contributed by atoms with van der Waals surface area (Å²) >= 11 is 0. The van der Waals surface area contributed by atoms with E-state index >= 15 is 0 Å². The van der Waals surface area contributed by atoms with E-state index in [4.69, 9.17) is 10.6 Å². The molecule has 4 amide bonds. The maximum absolute atomic E-state index is 13.8. The van der Waals surface area contributed by atoms with Crippen LogP contribution < -0.4 is 26.6 Å². The first-order valence-corrected chi connectivity index (χ1v) is 16.1. The molecule has 2 saturated heterocycles. The monoisotopic (exact) mass is 626 g/mol. The highest BCUT2D eigenvalue weighted by atomic mass is 32.2. The minimum absolute atomic E-state index is 0.0907. The Morgan fingerprint density at radius 1 is 1.16 bits per heavy atom. The predicted molar refractivity (Wildman–Crippen MR) is 155 cm³/mol. The second kappa shape index (κ2) is 15.4. The Balaban J connectivity index is 1.39. The number of nitrogens with one attached hydrogen (secondary N) is 4. The van der Waals surface area contributed by atoms with E-state index in [2.05, 4.69) is 31.0 Å². The lowest BCUT2D eigenvalue weighted by molar-refractivity contribution is -0.136. The van der Waals surface area contributed by atoms with Gasteiger partial charge in [0, 0.05) is 64.7 Å². The summed E-state index contributed by atoms with van der Waals surface area (Å²) < 4.78 is 35.4. The smallest absolute Gasteiger partial charge is 0.280 e. The minimum atomic E-state index is -4.09. The molecule has 3 heterocycles. The SMILES string of the molecule is NN=CN1CCC[C@@H](CNC(=O)C[C@H](NS(=O)(=O)N2CCOCC2)C(=O)N(CCNC(=O)C2=NNC(=O)CC2)C2CC2)C1. The summed E-state index contributed by atoms with van der Waals surface area (Å²) in [6.45, 7) is 2.81. The number of amides is 4. The van der Waals surface area contributed by atoms with Gasteiger partial charge in [-0.25, -0.2) is 5.43 Å². The van der Waals surface area contributed by atoms with Crippen molar-refractivity contribution in [3.63, 3.8) is 0 Å². The molecule has 0 radical (unpaired) electrons. The molecule has 1 aliphatic carbocycles. The Labute approximate surface area is 251 Å². The van der Waals surface area contributed by atoms with Crippen molar-refractivity contribution in [2.75, 3.05) is 59.0 Å². The van der Waals surface area contributed by atoms with Gasteiger partial charge in [-0.15, -0.1) is 0 Å². The van der Waals surface area contributed by atoms with Crippen LogP contribution in [0.2, 0.25) is 0 Å². The quantitative estimate of drug-likeness (QED) is 0.0574. The van der Waals surface area contributed by atoms with E-state index in [-0.39, 0.29) is 82.2 Å². The highest BCUT2D eigenvalue weighted by molar-refractivity contribution is 7.87. The molecule has 0 aromatic heterocycles. The number of morpholine rings is 1. The number of ether oxygens (including phenoxy) is 1. The molecule has 18 heteroatoms. The van der Waals surface area contributed by atoms with Crippen LogP contribution >= 0.6 is 0 Å². The average molecular weight is 627 g/mol. The second-order valence-corrected chi connectivity index (χ2v) is 12.8. The van der Waals surface area contributed by atoms with Gasteiger partial charge in [0.15, 0.2) is 0 Å². The Morgan fingerprint density at radius 2 is 1.93 bits per heavy atom. The van der Waals surface area contributed by atoms with Crippen LogP contribution in [0, 0.1) is 5.92 Å². The third-order valence-electron chi connectivity index (χ3n) is 7.73. The van der Waals surface area contributed by atoms with Gasteiger partial charge < -0.3 is 31.0 Å². The molecule has 0 aromatic rings. The Kier molecular flexibility index (Phi) is 11.7. The number of carbonyl (C=O) groups excluding carboxylic acids is 4. The number of hydrogen-bond acceptors (Lipinski definition) is 10. The van der Waals surface area contributed by atoms with Crippen molar-refractivity contribution in [2.45, 2.75) is 57.0 Å². The number of hydrazone groups is 2.